The number of aromatic nitrogens is 8. The van der Waals surface area contributed by atoms with E-state index in [9.17, 15) is 14.4 Å². The molecule has 0 spiro atoms. The Balaban J connectivity index is 0.000000160. The van der Waals surface area contributed by atoms with E-state index in [1.165, 1.54) is 6.92 Å². The largest absolute Gasteiger partial charge is 0.491 e. The summed E-state index contributed by atoms with van der Waals surface area (Å²) in [5, 5.41) is 38.0. The lowest BCUT2D eigenvalue weighted by Gasteiger charge is -2.08. The number of fused-ring (bicyclic) bond motifs is 4. The topological polar surface area (TPSA) is 234 Å². The molecule has 256 valence electrons. The Kier molecular flexibility index (Phi) is 9.08. The summed E-state index contributed by atoms with van der Waals surface area (Å²) in [5.74, 6) is 1.46. The SMILES string of the molecule is CC(=O)OCCOc1ccc2oc3cc(-c4nn[nH]n4)ccc3c(=O)c2c1.O=c1c2ccc(-c3nn[nH]n3)cc2oc2ccc(OCCO)cc12. The second-order valence-electron chi connectivity index (χ2n) is 10.8. The van der Waals surface area contributed by atoms with E-state index in [-0.39, 0.29) is 43.3 Å². The second-order valence-corrected chi connectivity index (χ2v) is 10.8. The van der Waals surface area contributed by atoms with Gasteiger partial charge in [0.2, 0.25) is 22.5 Å². The molecular formula is C34H26N8O9. The van der Waals surface area contributed by atoms with E-state index in [1.807, 2.05) is 0 Å². The minimum absolute atomic E-state index is 0.0940. The number of aromatic amines is 2. The highest BCUT2D eigenvalue weighted by atomic mass is 16.6. The van der Waals surface area contributed by atoms with E-state index in [1.54, 1.807) is 72.8 Å². The van der Waals surface area contributed by atoms with Crippen LogP contribution >= 0.6 is 0 Å². The molecule has 17 nitrogen and oxygen atoms in total. The predicted octanol–water partition coefficient (Wildman–Crippen LogP) is 3.57. The molecule has 4 aromatic carbocycles. The molecule has 0 aliphatic rings. The number of nitrogens with one attached hydrogen (secondary N) is 2. The van der Waals surface area contributed by atoms with Crippen LogP contribution in [0.4, 0.5) is 0 Å². The molecule has 8 rings (SSSR count). The van der Waals surface area contributed by atoms with E-state index in [0.29, 0.717) is 78.2 Å². The molecule has 8 aromatic rings. The van der Waals surface area contributed by atoms with Gasteiger partial charge in [-0.15, -0.1) is 20.4 Å². The fraction of sp³-hybridized carbons (Fsp3) is 0.147. The van der Waals surface area contributed by atoms with E-state index >= 15 is 0 Å². The molecule has 0 aliphatic heterocycles. The molecule has 4 heterocycles. The van der Waals surface area contributed by atoms with Crippen LogP contribution in [-0.2, 0) is 9.53 Å². The maximum Gasteiger partial charge on any atom is 0.302 e. The molecule has 0 aliphatic carbocycles. The third-order valence-corrected chi connectivity index (χ3v) is 7.51. The number of rotatable bonds is 9. The highest BCUT2D eigenvalue weighted by Gasteiger charge is 2.13. The van der Waals surface area contributed by atoms with Crippen LogP contribution in [0, 0.1) is 0 Å². The number of tetrazole rings is 2. The average molecular weight is 691 g/mol. The Hall–Kier alpha value is -7.01. The van der Waals surface area contributed by atoms with Crippen LogP contribution in [0.25, 0.3) is 66.7 Å². The molecule has 0 fully saturated rings. The monoisotopic (exact) mass is 690 g/mol. The Labute approximate surface area is 284 Å². The van der Waals surface area contributed by atoms with Crippen LogP contribution < -0.4 is 20.3 Å². The highest BCUT2D eigenvalue weighted by Crippen LogP contribution is 2.27. The van der Waals surface area contributed by atoms with Crippen molar-refractivity contribution < 1.29 is 32.9 Å². The van der Waals surface area contributed by atoms with Gasteiger partial charge in [0.05, 0.1) is 28.2 Å². The first-order valence-corrected chi connectivity index (χ1v) is 15.4. The van der Waals surface area contributed by atoms with Gasteiger partial charge in [0.1, 0.15) is 53.7 Å². The number of ether oxygens (including phenoxy) is 3. The number of nitrogens with zero attached hydrogens (tertiary/aromatic N) is 6. The smallest absolute Gasteiger partial charge is 0.302 e. The zero-order valence-corrected chi connectivity index (χ0v) is 26.7. The van der Waals surface area contributed by atoms with Crippen molar-refractivity contribution in [2.75, 3.05) is 26.4 Å². The summed E-state index contributed by atoms with van der Waals surface area (Å²) in [7, 11) is 0. The van der Waals surface area contributed by atoms with Gasteiger partial charge in [0.25, 0.3) is 0 Å². The zero-order chi connectivity index (χ0) is 35.3. The van der Waals surface area contributed by atoms with Gasteiger partial charge in [-0.1, -0.05) is 12.1 Å². The molecule has 51 heavy (non-hydrogen) atoms. The van der Waals surface area contributed by atoms with Gasteiger partial charge in [-0.05, 0) is 71.1 Å². The number of carbonyl (C=O) groups is 1. The molecule has 4 aromatic heterocycles. The number of aliphatic hydroxyl groups is 1. The summed E-state index contributed by atoms with van der Waals surface area (Å²) >= 11 is 0. The fourth-order valence-electron chi connectivity index (χ4n) is 5.20. The molecule has 0 amide bonds. The van der Waals surface area contributed by atoms with Crippen LogP contribution in [-0.4, -0.2) is 78.8 Å². The number of benzene rings is 4. The maximum absolute atomic E-state index is 12.8. The zero-order valence-electron chi connectivity index (χ0n) is 26.7. The van der Waals surface area contributed by atoms with Gasteiger partial charge in [0, 0.05) is 18.1 Å². The van der Waals surface area contributed by atoms with Crippen molar-refractivity contribution in [1.29, 1.82) is 0 Å². The Bertz CT molecular complexity index is 2620. The lowest BCUT2D eigenvalue weighted by atomic mass is 10.1. The molecule has 3 N–H and O–H groups in total. The summed E-state index contributed by atoms with van der Waals surface area (Å²) in [6.07, 6.45) is 0. The van der Waals surface area contributed by atoms with Crippen LogP contribution in [0.15, 0.2) is 91.2 Å². The lowest BCUT2D eigenvalue weighted by Crippen LogP contribution is -2.10. The number of hydrogen-bond acceptors (Lipinski definition) is 15. The number of hydrogen-bond donors (Lipinski definition) is 3. The predicted molar refractivity (Wildman–Crippen MR) is 181 cm³/mol. The van der Waals surface area contributed by atoms with E-state index in [2.05, 4.69) is 41.2 Å². The molecule has 0 atom stereocenters. The first-order chi connectivity index (χ1) is 24.9. The first kappa shape index (κ1) is 32.5. The van der Waals surface area contributed by atoms with Crippen molar-refractivity contribution in [2.45, 2.75) is 6.92 Å². The number of carbonyl (C=O) groups excluding carboxylic acids is 1. The van der Waals surface area contributed by atoms with Crippen LogP contribution in [0.3, 0.4) is 0 Å². The fourth-order valence-corrected chi connectivity index (χ4v) is 5.20. The summed E-state index contributed by atoms with van der Waals surface area (Å²) in [6, 6.07) is 20.2. The minimum Gasteiger partial charge on any atom is -0.491 e. The standard InChI is InChI=1S/C18H14N4O5.C16H12N4O4/c1-10(23)25-6-7-26-12-3-5-15-14(9-12)17(24)13-4-2-11(8-16(13)27-15)18-19-21-22-20-18;21-5-6-23-10-2-4-13-12(8-10)15(22)11-3-1-9(7-14(11)24-13)16-17-19-20-18-16/h2-5,8-9H,6-7H2,1H3,(H,19,20,21,22);1-4,7-8,21H,5-6H2,(H,17,18,19,20). The summed E-state index contributed by atoms with van der Waals surface area (Å²) in [5.41, 5.74) is 2.82. The van der Waals surface area contributed by atoms with Crippen molar-refractivity contribution in [3.63, 3.8) is 0 Å². The first-order valence-electron chi connectivity index (χ1n) is 15.4. The van der Waals surface area contributed by atoms with Crippen LogP contribution in [0.2, 0.25) is 0 Å². The summed E-state index contributed by atoms with van der Waals surface area (Å²) in [6.45, 7) is 1.73. The third kappa shape index (κ3) is 6.94. The Morgan fingerprint density at radius 2 is 1.16 bits per heavy atom. The molecule has 17 heteroatoms. The van der Waals surface area contributed by atoms with Crippen LogP contribution in [0.5, 0.6) is 11.5 Å². The Morgan fingerprint density at radius 3 is 1.61 bits per heavy atom. The van der Waals surface area contributed by atoms with Crippen molar-refractivity contribution >= 4 is 49.8 Å². The highest BCUT2D eigenvalue weighted by molar-refractivity contribution is 5.93. The van der Waals surface area contributed by atoms with E-state index < -0.39 is 0 Å². The van der Waals surface area contributed by atoms with Crippen molar-refractivity contribution in [3.8, 4) is 34.3 Å². The van der Waals surface area contributed by atoms with Gasteiger partial charge in [-0.2, -0.15) is 10.4 Å². The number of H-pyrrole nitrogens is 2. The minimum atomic E-state index is -0.371. The average Bonchev–Trinajstić information content (AvgIpc) is 3.89. The van der Waals surface area contributed by atoms with Crippen LogP contribution in [0.1, 0.15) is 6.92 Å². The van der Waals surface area contributed by atoms with E-state index in [4.69, 9.17) is 28.2 Å². The second kappa shape index (κ2) is 14.2. The molecule has 0 saturated carbocycles. The lowest BCUT2D eigenvalue weighted by molar-refractivity contribution is -0.141. The molecule has 0 unspecified atom stereocenters. The number of esters is 1. The third-order valence-electron chi connectivity index (χ3n) is 7.51. The van der Waals surface area contributed by atoms with Crippen molar-refractivity contribution in [1.82, 2.24) is 41.2 Å². The maximum atomic E-state index is 12.8. The van der Waals surface area contributed by atoms with Gasteiger partial charge in [0.15, 0.2) is 0 Å². The Morgan fingerprint density at radius 1 is 0.647 bits per heavy atom. The van der Waals surface area contributed by atoms with Crippen molar-refractivity contribution in [2.24, 2.45) is 0 Å². The van der Waals surface area contributed by atoms with Gasteiger partial charge in [-0.25, -0.2) is 0 Å². The molecule has 0 saturated heterocycles. The normalized spacial score (nSPS) is 11.1. The van der Waals surface area contributed by atoms with Crippen molar-refractivity contribution in [3.05, 3.63) is 93.2 Å². The number of aliphatic hydroxyl groups excluding tert-OH is 1. The van der Waals surface area contributed by atoms with Gasteiger partial charge in [-0.3, -0.25) is 14.4 Å². The summed E-state index contributed by atoms with van der Waals surface area (Å²) in [4.78, 5) is 36.3. The van der Waals surface area contributed by atoms with E-state index in [0.717, 1.165) is 0 Å². The van der Waals surface area contributed by atoms with Gasteiger partial charge < -0.3 is 28.2 Å². The summed E-state index contributed by atoms with van der Waals surface area (Å²) < 4.78 is 27.4. The molecule has 0 bridgehead atoms. The molecule has 0 radical (unpaired) electrons. The van der Waals surface area contributed by atoms with Gasteiger partial charge >= 0.3 is 5.97 Å². The molecular weight excluding hydrogens is 664 g/mol. The quantitative estimate of drug-likeness (QED) is 0.112.